The van der Waals surface area contributed by atoms with Crippen molar-refractivity contribution in [3.8, 4) is 12.3 Å². The molecule has 0 radical (unpaired) electrons. The molecule has 0 saturated heterocycles. The quantitative estimate of drug-likeness (QED) is 0.850. The Bertz CT molecular complexity index is 752. The van der Waals surface area contributed by atoms with E-state index in [0.29, 0.717) is 6.42 Å². The molecule has 114 valence electrons. The van der Waals surface area contributed by atoms with Crippen LogP contribution in [0.3, 0.4) is 0 Å². The Hall–Kier alpha value is -1.83. The van der Waals surface area contributed by atoms with E-state index in [1.165, 1.54) is 0 Å². The van der Waals surface area contributed by atoms with E-state index in [4.69, 9.17) is 6.42 Å². The van der Waals surface area contributed by atoms with Gasteiger partial charge in [0.1, 0.15) is 4.75 Å². The largest absolute Gasteiger partial charge is 0.222 e. The van der Waals surface area contributed by atoms with Crippen molar-refractivity contribution in [2.45, 2.75) is 36.5 Å². The minimum absolute atomic E-state index is 0.0903. The van der Waals surface area contributed by atoms with Gasteiger partial charge in [-0.3, -0.25) is 0 Å². The molecular weight excluding hydrogens is 294 g/mol. The second-order valence-corrected chi connectivity index (χ2v) is 7.96. The van der Waals surface area contributed by atoms with Crippen LogP contribution in [0.2, 0.25) is 0 Å². The number of hydrogen-bond donors (Lipinski definition) is 1. The van der Waals surface area contributed by atoms with Gasteiger partial charge in [-0.2, -0.15) is 0 Å². The van der Waals surface area contributed by atoms with Gasteiger partial charge in [0.2, 0.25) is 10.0 Å². The molecule has 0 bridgehead atoms. The number of allylic oxidation sites excluding steroid dienone is 3. The van der Waals surface area contributed by atoms with E-state index in [1.807, 2.05) is 42.5 Å². The highest BCUT2D eigenvalue weighted by Gasteiger charge is 2.44. The zero-order valence-electron chi connectivity index (χ0n) is 12.3. The fraction of sp³-hybridized carbons (Fsp3) is 0.333. The van der Waals surface area contributed by atoms with Gasteiger partial charge in [0.15, 0.2) is 0 Å². The molecule has 3 rings (SSSR count). The monoisotopic (exact) mass is 313 g/mol. The van der Waals surface area contributed by atoms with Gasteiger partial charge >= 0.3 is 0 Å². The van der Waals surface area contributed by atoms with Crippen LogP contribution in [0, 0.1) is 12.3 Å². The van der Waals surface area contributed by atoms with Crippen LogP contribution in [0.5, 0.6) is 0 Å². The molecule has 0 aromatic heterocycles. The van der Waals surface area contributed by atoms with Gasteiger partial charge in [-0.15, -0.1) is 12.3 Å². The Kier molecular flexibility index (Phi) is 3.94. The molecule has 1 aromatic rings. The molecule has 0 spiro atoms. The molecule has 0 heterocycles. The van der Waals surface area contributed by atoms with Crippen molar-refractivity contribution in [1.82, 2.24) is 4.72 Å². The molecule has 4 heteroatoms. The van der Waals surface area contributed by atoms with E-state index in [2.05, 4.69) is 10.6 Å². The number of hydrogen-bond acceptors (Lipinski definition) is 2. The third-order valence-electron chi connectivity index (χ3n) is 4.18. The molecule has 3 nitrogen and oxygen atoms in total. The summed E-state index contributed by atoms with van der Waals surface area (Å²) in [5.74, 6) is 2.53. The number of sulfonamides is 1. The van der Waals surface area contributed by atoms with E-state index >= 15 is 0 Å². The molecule has 1 atom stereocenters. The van der Waals surface area contributed by atoms with Gasteiger partial charge in [-0.05, 0) is 30.4 Å². The standard InChI is InChI=1S/C18H19NO2S/c1-2-12-18(22(20,21)19-17-8-9-17)13-10-16(11-14-18)15-6-4-3-5-7-15/h1,3-7,10-11,13,17,19H,8-9,12,14H2. The summed E-state index contributed by atoms with van der Waals surface area (Å²) < 4.78 is 27.2. The highest BCUT2D eigenvalue weighted by molar-refractivity contribution is 7.91. The lowest BCUT2D eigenvalue weighted by molar-refractivity contribution is 0.538. The van der Waals surface area contributed by atoms with Crippen LogP contribution >= 0.6 is 0 Å². The Morgan fingerprint density at radius 3 is 2.55 bits per heavy atom. The third-order valence-corrected chi connectivity index (χ3v) is 6.34. The summed E-state index contributed by atoms with van der Waals surface area (Å²) in [6.07, 6.45) is 13.5. The van der Waals surface area contributed by atoms with Crippen molar-refractivity contribution in [3.05, 3.63) is 54.1 Å². The van der Waals surface area contributed by atoms with Crippen molar-refractivity contribution < 1.29 is 8.42 Å². The van der Waals surface area contributed by atoms with Gasteiger partial charge in [-0.25, -0.2) is 13.1 Å². The Balaban J connectivity index is 1.88. The first-order valence-electron chi connectivity index (χ1n) is 7.46. The van der Waals surface area contributed by atoms with E-state index in [9.17, 15) is 8.42 Å². The summed E-state index contributed by atoms with van der Waals surface area (Å²) in [5, 5.41) is 0. The normalized spacial score (nSPS) is 24.6. The van der Waals surface area contributed by atoms with Gasteiger partial charge in [0, 0.05) is 12.5 Å². The molecule has 1 fully saturated rings. The van der Waals surface area contributed by atoms with Crippen LogP contribution in [0.15, 0.2) is 48.6 Å². The molecule has 1 unspecified atom stereocenters. The minimum Gasteiger partial charge on any atom is -0.211 e. The lowest BCUT2D eigenvalue weighted by atomic mass is 9.90. The van der Waals surface area contributed by atoms with Gasteiger partial charge in [0.05, 0.1) is 0 Å². The van der Waals surface area contributed by atoms with E-state index in [-0.39, 0.29) is 12.5 Å². The molecule has 1 aromatic carbocycles. The molecule has 22 heavy (non-hydrogen) atoms. The molecule has 0 amide bonds. The summed E-state index contributed by atoms with van der Waals surface area (Å²) in [7, 11) is -3.47. The van der Waals surface area contributed by atoms with Crippen LogP contribution < -0.4 is 4.72 Å². The van der Waals surface area contributed by atoms with Crippen molar-refractivity contribution in [3.63, 3.8) is 0 Å². The van der Waals surface area contributed by atoms with Crippen molar-refractivity contribution in [2.75, 3.05) is 0 Å². The zero-order valence-corrected chi connectivity index (χ0v) is 13.1. The van der Waals surface area contributed by atoms with E-state index in [1.54, 1.807) is 6.08 Å². The maximum Gasteiger partial charge on any atom is 0.222 e. The van der Waals surface area contributed by atoms with Crippen molar-refractivity contribution in [1.29, 1.82) is 0 Å². The van der Waals surface area contributed by atoms with Gasteiger partial charge in [0.25, 0.3) is 0 Å². The lowest BCUT2D eigenvalue weighted by Gasteiger charge is -2.30. The summed E-state index contributed by atoms with van der Waals surface area (Å²) in [5.41, 5.74) is 2.12. The summed E-state index contributed by atoms with van der Waals surface area (Å²) in [6.45, 7) is 0. The van der Waals surface area contributed by atoms with Crippen LogP contribution in [0.4, 0.5) is 0 Å². The van der Waals surface area contributed by atoms with Gasteiger partial charge in [-0.1, -0.05) is 48.6 Å². The topological polar surface area (TPSA) is 46.2 Å². The fourth-order valence-corrected chi connectivity index (χ4v) is 4.37. The first kappa shape index (κ1) is 15.1. The molecule has 1 saturated carbocycles. The van der Waals surface area contributed by atoms with Crippen molar-refractivity contribution >= 4 is 15.6 Å². The molecule has 1 N–H and O–H groups in total. The first-order chi connectivity index (χ1) is 10.6. The van der Waals surface area contributed by atoms with E-state index < -0.39 is 14.8 Å². The average Bonchev–Trinajstić information content (AvgIpc) is 3.32. The predicted molar refractivity (Wildman–Crippen MR) is 89.4 cm³/mol. The smallest absolute Gasteiger partial charge is 0.211 e. The highest BCUT2D eigenvalue weighted by atomic mass is 32.2. The minimum atomic E-state index is -3.47. The van der Waals surface area contributed by atoms with Crippen LogP contribution in [-0.2, 0) is 10.0 Å². The Labute approximate surface area is 132 Å². The lowest BCUT2D eigenvalue weighted by Crippen LogP contribution is -2.46. The number of terminal acetylenes is 1. The number of nitrogens with one attached hydrogen (secondary N) is 1. The highest BCUT2D eigenvalue weighted by Crippen LogP contribution is 2.36. The molecule has 2 aliphatic rings. The van der Waals surface area contributed by atoms with Crippen LogP contribution in [0.1, 0.15) is 31.2 Å². The average molecular weight is 313 g/mol. The summed E-state index contributed by atoms with van der Waals surface area (Å²) in [6, 6.07) is 10.0. The molecule has 0 aliphatic heterocycles. The SMILES string of the molecule is C#CCC1(S(=O)(=O)NC2CC2)C=CC(c2ccccc2)=CC1. The summed E-state index contributed by atoms with van der Waals surface area (Å²) in [4.78, 5) is 0. The second-order valence-electron chi connectivity index (χ2n) is 5.90. The number of benzene rings is 1. The molecular formula is C18H19NO2S. The van der Waals surface area contributed by atoms with Crippen molar-refractivity contribution in [2.24, 2.45) is 0 Å². The first-order valence-corrected chi connectivity index (χ1v) is 8.95. The third kappa shape index (κ3) is 2.87. The van der Waals surface area contributed by atoms with E-state index in [0.717, 1.165) is 24.0 Å². The Morgan fingerprint density at radius 1 is 1.27 bits per heavy atom. The summed E-state index contributed by atoms with van der Waals surface area (Å²) >= 11 is 0. The van der Waals surface area contributed by atoms with Gasteiger partial charge < -0.3 is 0 Å². The zero-order chi connectivity index (χ0) is 15.6. The molecule has 2 aliphatic carbocycles. The Morgan fingerprint density at radius 2 is 2.00 bits per heavy atom. The van der Waals surface area contributed by atoms with Crippen LogP contribution in [0.25, 0.3) is 5.57 Å². The van der Waals surface area contributed by atoms with Crippen LogP contribution in [-0.4, -0.2) is 19.2 Å². The maximum atomic E-state index is 12.7. The number of rotatable bonds is 5. The fourth-order valence-electron chi connectivity index (χ4n) is 2.64. The predicted octanol–water partition coefficient (Wildman–Crippen LogP) is 2.87. The maximum absolute atomic E-state index is 12.7. The second kappa shape index (κ2) is 5.75.